The fraction of sp³-hybridized carbons (Fsp3) is 0.208. The van der Waals surface area contributed by atoms with Crippen LogP contribution in [-0.2, 0) is 6.54 Å². The van der Waals surface area contributed by atoms with Gasteiger partial charge in [-0.05, 0) is 47.4 Å². The molecule has 0 aliphatic carbocycles. The number of rotatable bonds is 4. The van der Waals surface area contributed by atoms with Gasteiger partial charge < -0.3 is 10.7 Å². The van der Waals surface area contributed by atoms with Gasteiger partial charge in [-0.2, -0.15) is 0 Å². The summed E-state index contributed by atoms with van der Waals surface area (Å²) < 4.78 is 13.5. The fourth-order valence-electron chi connectivity index (χ4n) is 4.03. The van der Waals surface area contributed by atoms with Crippen molar-refractivity contribution in [1.29, 1.82) is 0 Å². The van der Waals surface area contributed by atoms with E-state index in [4.69, 9.17) is 5.73 Å². The van der Waals surface area contributed by atoms with Gasteiger partial charge in [-0.1, -0.05) is 42.5 Å². The van der Waals surface area contributed by atoms with Crippen LogP contribution in [0, 0.1) is 5.82 Å². The first-order valence-corrected chi connectivity index (χ1v) is 9.97. The summed E-state index contributed by atoms with van der Waals surface area (Å²) in [6.07, 6.45) is 1.08. The number of hydrogen-bond acceptors (Lipinski definition) is 3. The lowest BCUT2D eigenvalue weighted by atomic mass is 10.0. The third-order valence-electron chi connectivity index (χ3n) is 5.58. The van der Waals surface area contributed by atoms with Crippen molar-refractivity contribution in [1.82, 2.24) is 14.9 Å². The van der Waals surface area contributed by atoms with Crippen LogP contribution in [0.25, 0.3) is 33.5 Å². The van der Waals surface area contributed by atoms with Gasteiger partial charge in [-0.25, -0.2) is 9.37 Å². The summed E-state index contributed by atoms with van der Waals surface area (Å²) >= 11 is 0. The molecule has 0 saturated carbocycles. The molecule has 3 N–H and O–H groups in total. The summed E-state index contributed by atoms with van der Waals surface area (Å²) in [5.74, 6) is 0.479. The van der Waals surface area contributed by atoms with Crippen LogP contribution in [0.5, 0.6) is 0 Å². The predicted octanol–water partition coefficient (Wildman–Crippen LogP) is 4.57. The van der Waals surface area contributed by atoms with Crippen molar-refractivity contribution >= 4 is 11.0 Å². The molecule has 1 aromatic heterocycles. The van der Waals surface area contributed by atoms with Crippen molar-refractivity contribution in [3.8, 4) is 22.5 Å². The highest BCUT2D eigenvalue weighted by Gasteiger charge is 2.18. The smallest absolute Gasteiger partial charge is 0.138 e. The van der Waals surface area contributed by atoms with Gasteiger partial charge >= 0.3 is 0 Å². The van der Waals surface area contributed by atoms with Crippen molar-refractivity contribution in [2.45, 2.75) is 19.0 Å². The normalized spacial score (nSPS) is 17.2. The quantitative estimate of drug-likeness (QED) is 0.540. The number of nitrogens with zero attached hydrogens (tertiary/aromatic N) is 2. The maximum atomic E-state index is 13.5. The van der Waals surface area contributed by atoms with Crippen LogP contribution in [0.15, 0.2) is 66.7 Å². The second kappa shape index (κ2) is 7.43. The molecule has 1 atom stereocenters. The van der Waals surface area contributed by atoms with Crippen molar-refractivity contribution < 1.29 is 4.39 Å². The number of H-pyrrole nitrogens is 1. The SMILES string of the molecule is NC1CCN(Cc2ccc(-c3cccc(-c4nc5ccc(F)cc5[nH]4)c3)cc2)C1. The standard InChI is InChI=1S/C24H23FN4/c25-20-8-9-22-23(13-20)28-24(27-22)19-3-1-2-18(12-19)17-6-4-16(5-7-17)14-29-11-10-21(26)15-29/h1-9,12-13,21H,10-11,14-15,26H2,(H,27,28). The number of hydrogen-bond donors (Lipinski definition) is 2. The van der Waals surface area contributed by atoms with Crippen LogP contribution in [0.3, 0.4) is 0 Å². The maximum Gasteiger partial charge on any atom is 0.138 e. The third-order valence-corrected chi connectivity index (χ3v) is 5.58. The molecule has 5 heteroatoms. The molecule has 5 rings (SSSR count). The van der Waals surface area contributed by atoms with E-state index in [1.165, 1.54) is 17.7 Å². The molecule has 0 amide bonds. The molecular formula is C24H23FN4. The zero-order valence-corrected chi connectivity index (χ0v) is 16.1. The molecule has 2 heterocycles. The van der Waals surface area contributed by atoms with E-state index in [1.807, 2.05) is 12.1 Å². The summed E-state index contributed by atoms with van der Waals surface area (Å²) in [6.45, 7) is 3.00. The average Bonchev–Trinajstić information content (AvgIpc) is 3.34. The predicted molar refractivity (Wildman–Crippen MR) is 115 cm³/mol. The Kier molecular flexibility index (Phi) is 4.62. The molecule has 3 aromatic carbocycles. The zero-order valence-electron chi connectivity index (χ0n) is 16.1. The number of halogens is 1. The Morgan fingerprint density at radius 1 is 1.00 bits per heavy atom. The topological polar surface area (TPSA) is 57.9 Å². The lowest BCUT2D eigenvalue weighted by molar-refractivity contribution is 0.327. The molecular weight excluding hydrogens is 363 g/mol. The number of imidazole rings is 1. The zero-order chi connectivity index (χ0) is 19.8. The summed E-state index contributed by atoms with van der Waals surface area (Å²) in [7, 11) is 0. The van der Waals surface area contributed by atoms with Crippen LogP contribution >= 0.6 is 0 Å². The van der Waals surface area contributed by atoms with E-state index in [0.717, 1.165) is 54.1 Å². The Hall–Kier alpha value is -3.02. The van der Waals surface area contributed by atoms with Crippen LogP contribution in [0.1, 0.15) is 12.0 Å². The average molecular weight is 386 g/mol. The molecule has 1 aliphatic rings. The Bertz CT molecular complexity index is 1150. The number of aromatic nitrogens is 2. The van der Waals surface area contributed by atoms with E-state index in [9.17, 15) is 4.39 Å². The van der Waals surface area contributed by atoms with Gasteiger partial charge in [0.05, 0.1) is 11.0 Å². The molecule has 146 valence electrons. The molecule has 1 aliphatic heterocycles. The molecule has 4 aromatic rings. The van der Waals surface area contributed by atoms with Gasteiger partial charge in [-0.15, -0.1) is 0 Å². The number of aromatic amines is 1. The first-order chi connectivity index (χ1) is 14.1. The molecule has 1 unspecified atom stereocenters. The monoisotopic (exact) mass is 386 g/mol. The van der Waals surface area contributed by atoms with E-state index in [-0.39, 0.29) is 5.82 Å². The summed E-state index contributed by atoms with van der Waals surface area (Å²) in [5, 5.41) is 0. The summed E-state index contributed by atoms with van der Waals surface area (Å²) in [6, 6.07) is 21.9. The van der Waals surface area contributed by atoms with Crippen LogP contribution in [-0.4, -0.2) is 34.0 Å². The van der Waals surface area contributed by atoms with Gasteiger partial charge in [0, 0.05) is 31.2 Å². The molecule has 4 nitrogen and oxygen atoms in total. The number of nitrogens with two attached hydrogens (primary N) is 1. The first-order valence-electron chi connectivity index (χ1n) is 9.97. The van der Waals surface area contributed by atoms with E-state index < -0.39 is 0 Å². The summed E-state index contributed by atoms with van der Waals surface area (Å²) in [5.41, 5.74) is 12.0. The van der Waals surface area contributed by atoms with Gasteiger partial charge in [-0.3, -0.25) is 4.90 Å². The van der Waals surface area contributed by atoms with E-state index in [0.29, 0.717) is 11.6 Å². The Labute approximate surface area is 169 Å². The Morgan fingerprint density at radius 3 is 2.62 bits per heavy atom. The van der Waals surface area contributed by atoms with E-state index in [1.54, 1.807) is 6.07 Å². The number of benzene rings is 3. The summed E-state index contributed by atoms with van der Waals surface area (Å²) in [4.78, 5) is 10.2. The molecule has 0 spiro atoms. The molecule has 0 bridgehead atoms. The van der Waals surface area contributed by atoms with Crippen LogP contribution in [0.4, 0.5) is 4.39 Å². The molecule has 29 heavy (non-hydrogen) atoms. The Morgan fingerprint density at radius 2 is 1.83 bits per heavy atom. The van der Waals surface area contributed by atoms with Crippen molar-refractivity contribution in [3.05, 3.63) is 78.1 Å². The molecule has 1 saturated heterocycles. The van der Waals surface area contributed by atoms with Gasteiger partial charge in [0.1, 0.15) is 11.6 Å². The lowest BCUT2D eigenvalue weighted by Gasteiger charge is -2.15. The fourth-order valence-corrected chi connectivity index (χ4v) is 4.03. The second-order valence-corrected chi connectivity index (χ2v) is 7.81. The minimum atomic E-state index is -0.266. The molecule has 1 fully saturated rings. The van der Waals surface area contributed by atoms with Gasteiger partial charge in [0.25, 0.3) is 0 Å². The van der Waals surface area contributed by atoms with Gasteiger partial charge in [0.15, 0.2) is 0 Å². The van der Waals surface area contributed by atoms with Crippen LogP contribution in [0.2, 0.25) is 0 Å². The second-order valence-electron chi connectivity index (χ2n) is 7.81. The number of fused-ring (bicyclic) bond motifs is 1. The van der Waals surface area contributed by atoms with E-state index >= 15 is 0 Å². The van der Waals surface area contributed by atoms with Gasteiger partial charge in [0.2, 0.25) is 0 Å². The third kappa shape index (κ3) is 3.79. The van der Waals surface area contributed by atoms with Crippen molar-refractivity contribution in [2.24, 2.45) is 5.73 Å². The van der Waals surface area contributed by atoms with Crippen molar-refractivity contribution in [3.63, 3.8) is 0 Å². The van der Waals surface area contributed by atoms with Crippen LogP contribution < -0.4 is 5.73 Å². The maximum absolute atomic E-state index is 13.5. The minimum Gasteiger partial charge on any atom is -0.338 e. The Balaban J connectivity index is 1.38. The number of likely N-dealkylation sites (tertiary alicyclic amines) is 1. The highest BCUT2D eigenvalue weighted by molar-refractivity contribution is 5.80. The minimum absolute atomic E-state index is 0.266. The highest BCUT2D eigenvalue weighted by Crippen LogP contribution is 2.27. The molecule has 0 radical (unpaired) electrons. The van der Waals surface area contributed by atoms with Crippen molar-refractivity contribution in [2.75, 3.05) is 13.1 Å². The highest BCUT2D eigenvalue weighted by atomic mass is 19.1. The largest absolute Gasteiger partial charge is 0.338 e. The lowest BCUT2D eigenvalue weighted by Crippen LogP contribution is -2.26. The van der Waals surface area contributed by atoms with E-state index in [2.05, 4.69) is 51.3 Å². The first kappa shape index (κ1) is 18.0. The number of nitrogens with one attached hydrogen (secondary N) is 1.